The molecule has 0 nitrogen and oxygen atoms in total. The van der Waals surface area contributed by atoms with Crippen molar-refractivity contribution in [1.29, 1.82) is 0 Å². The molecule has 0 N–H and O–H groups in total. The van der Waals surface area contributed by atoms with Crippen LogP contribution in [0.4, 0.5) is 0 Å². The summed E-state index contributed by atoms with van der Waals surface area (Å²) >= 11 is 0. The van der Waals surface area contributed by atoms with E-state index in [2.05, 4.69) is 74.6 Å². The zero-order valence-electron chi connectivity index (χ0n) is 13.5. The van der Waals surface area contributed by atoms with Crippen molar-refractivity contribution in [1.82, 2.24) is 0 Å². The number of hydrogen-bond donors (Lipinski definition) is 0. The van der Waals surface area contributed by atoms with Crippen molar-refractivity contribution >= 4 is 8.80 Å². The fourth-order valence-corrected chi connectivity index (χ4v) is 5.50. The van der Waals surface area contributed by atoms with Crippen LogP contribution in [0.2, 0.25) is 13.1 Å². The van der Waals surface area contributed by atoms with Gasteiger partial charge in [-0.25, -0.2) is 0 Å². The third kappa shape index (κ3) is 1.89. The van der Waals surface area contributed by atoms with Crippen LogP contribution in [-0.2, 0) is 0 Å². The predicted molar refractivity (Wildman–Crippen MR) is 96.6 cm³/mol. The highest BCUT2D eigenvalue weighted by molar-refractivity contribution is 6.64. The highest BCUT2D eigenvalue weighted by Gasteiger charge is 2.33. The molecule has 0 aromatic heterocycles. The molecule has 0 atom stereocenters. The number of fused-ring (bicyclic) bond motifs is 3. The molecule has 2 aromatic carbocycles. The van der Waals surface area contributed by atoms with E-state index in [1.54, 1.807) is 16.3 Å². The molecule has 0 fully saturated rings. The maximum absolute atomic E-state index is 2.49. The first-order valence-electron chi connectivity index (χ1n) is 8.07. The molecule has 0 heterocycles. The molecule has 0 spiro atoms. The Balaban J connectivity index is 1.90. The van der Waals surface area contributed by atoms with Gasteiger partial charge in [-0.05, 0) is 41.2 Å². The molecule has 0 saturated carbocycles. The summed E-state index contributed by atoms with van der Waals surface area (Å²) in [5, 5.41) is 1.71. The first-order chi connectivity index (χ1) is 10.7. The van der Waals surface area contributed by atoms with Crippen molar-refractivity contribution in [2.24, 2.45) is 0 Å². The topological polar surface area (TPSA) is 0 Å². The van der Waals surface area contributed by atoms with Gasteiger partial charge in [0.1, 0.15) is 0 Å². The largest absolute Gasteiger partial charge is 0.0764 e. The summed E-state index contributed by atoms with van der Waals surface area (Å²) in [5.74, 6) is 0.436. The van der Waals surface area contributed by atoms with Gasteiger partial charge in [0.05, 0.1) is 8.80 Å². The van der Waals surface area contributed by atoms with Crippen LogP contribution < -0.4 is 0 Å². The van der Waals surface area contributed by atoms with E-state index in [0.29, 0.717) is 5.92 Å². The highest BCUT2D eigenvalue weighted by atomic mass is 28.3. The van der Waals surface area contributed by atoms with Crippen LogP contribution in [0.5, 0.6) is 0 Å². The van der Waals surface area contributed by atoms with Crippen LogP contribution in [-0.4, -0.2) is 8.80 Å². The number of benzene rings is 2. The third-order valence-electron chi connectivity index (χ3n) is 5.16. The molecular weight excluding hydrogens is 280 g/mol. The summed E-state index contributed by atoms with van der Waals surface area (Å²) < 4.78 is 0. The molecule has 0 amide bonds. The van der Waals surface area contributed by atoms with Crippen LogP contribution in [0, 0.1) is 0 Å². The summed E-state index contributed by atoms with van der Waals surface area (Å²) in [5.41, 5.74) is 8.93. The Labute approximate surface area is 134 Å². The quantitative estimate of drug-likeness (QED) is 0.621. The van der Waals surface area contributed by atoms with Crippen LogP contribution >= 0.6 is 0 Å². The fraction of sp³-hybridized carbons (Fsp3) is 0.238. The molecule has 0 saturated heterocycles. The molecule has 2 aliphatic carbocycles. The Morgan fingerprint density at radius 2 is 1.41 bits per heavy atom. The fourth-order valence-electron chi connectivity index (χ4n) is 4.10. The minimum Gasteiger partial charge on any atom is -0.0764 e. The summed E-state index contributed by atoms with van der Waals surface area (Å²) in [6.07, 6.45) is 3.66. The van der Waals surface area contributed by atoms with E-state index in [0.717, 1.165) is 0 Å². The van der Waals surface area contributed by atoms with E-state index < -0.39 is 0 Å². The Kier molecular flexibility index (Phi) is 3.19. The van der Waals surface area contributed by atoms with E-state index in [-0.39, 0.29) is 8.80 Å². The van der Waals surface area contributed by atoms with Gasteiger partial charge >= 0.3 is 0 Å². The van der Waals surface area contributed by atoms with Gasteiger partial charge in [-0.2, -0.15) is 0 Å². The summed E-state index contributed by atoms with van der Waals surface area (Å²) in [6, 6.07) is 17.9. The van der Waals surface area contributed by atoms with Crippen LogP contribution in [0.3, 0.4) is 0 Å². The maximum atomic E-state index is 2.49. The predicted octanol–water partition coefficient (Wildman–Crippen LogP) is 5.74. The molecule has 0 bridgehead atoms. The standard InChI is InChI=1S/C21H21Si/c1-14-15(12-13-20(14)22(2)3)21-18-10-6-4-8-16(18)17-9-5-7-11-19(17)21/h4-12,21H,13H2,1-3H3. The van der Waals surface area contributed by atoms with E-state index in [4.69, 9.17) is 0 Å². The molecule has 0 aliphatic heterocycles. The molecule has 4 rings (SSSR count). The molecule has 2 aromatic rings. The Morgan fingerprint density at radius 3 is 1.91 bits per heavy atom. The van der Waals surface area contributed by atoms with E-state index >= 15 is 0 Å². The molecule has 1 radical (unpaired) electrons. The maximum Gasteiger partial charge on any atom is 0.0744 e. The lowest BCUT2D eigenvalue weighted by atomic mass is 9.87. The molecule has 109 valence electrons. The normalized spacial score (nSPS) is 17.0. The van der Waals surface area contributed by atoms with Gasteiger partial charge in [0.15, 0.2) is 0 Å². The molecule has 2 aliphatic rings. The average Bonchev–Trinajstić information content (AvgIpc) is 3.05. The van der Waals surface area contributed by atoms with Crippen molar-refractivity contribution in [3.8, 4) is 11.1 Å². The van der Waals surface area contributed by atoms with E-state index in [9.17, 15) is 0 Å². The first kappa shape index (κ1) is 13.8. The summed E-state index contributed by atoms with van der Waals surface area (Å²) in [7, 11) is -0.348. The molecule has 1 heteroatoms. The second-order valence-corrected chi connectivity index (χ2v) is 9.18. The number of rotatable bonds is 2. The smallest absolute Gasteiger partial charge is 0.0744 e. The molecular formula is C21H21Si. The minimum atomic E-state index is -0.348. The average molecular weight is 301 g/mol. The first-order valence-corrected chi connectivity index (χ1v) is 10.6. The van der Waals surface area contributed by atoms with E-state index in [1.165, 1.54) is 28.7 Å². The SMILES string of the molecule is CC1=C([Si](C)C)CC=C1C1c2ccccc2-c2ccccc21. The molecule has 0 unspecified atom stereocenters. The van der Waals surface area contributed by atoms with Gasteiger partial charge in [0, 0.05) is 5.92 Å². The van der Waals surface area contributed by atoms with Crippen molar-refractivity contribution in [3.63, 3.8) is 0 Å². The van der Waals surface area contributed by atoms with Crippen molar-refractivity contribution in [3.05, 3.63) is 82.1 Å². The minimum absolute atomic E-state index is 0.348. The lowest BCUT2D eigenvalue weighted by Crippen LogP contribution is -2.07. The van der Waals surface area contributed by atoms with Crippen molar-refractivity contribution < 1.29 is 0 Å². The summed E-state index contributed by atoms with van der Waals surface area (Å²) in [6.45, 7) is 7.17. The lowest BCUT2D eigenvalue weighted by Gasteiger charge is -2.18. The summed E-state index contributed by atoms with van der Waals surface area (Å²) in [4.78, 5) is 0. The van der Waals surface area contributed by atoms with Crippen LogP contribution in [0.25, 0.3) is 11.1 Å². The second-order valence-electron chi connectivity index (χ2n) is 6.57. The van der Waals surface area contributed by atoms with E-state index in [1.807, 2.05) is 0 Å². The highest BCUT2D eigenvalue weighted by Crippen LogP contribution is 2.51. The van der Waals surface area contributed by atoms with Gasteiger partial charge in [-0.15, -0.1) is 0 Å². The van der Waals surface area contributed by atoms with Crippen molar-refractivity contribution in [2.45, 2.75) is 32.4 Å². The van der Waals surface area contributed by atoms with Crippen molar-refractivity contribution in [2.75, 3.05) is 0 Å². The lowest BCUT2D eigenvalue weighted by molar-refractivity contribution is 0.993. The zero-order chi connectivity index (χ0) is 15.3. The Morgan fingerprint density at radius 1 is 0.864 bits per heavy atom. The number of allylic oxidation sites excluding steroid dienone is 4. The zero-order valence-corrected chi connectivity index (χ0v) is 14.5. The monoisotopic (exact) mass is 301 g/mol. The van der Waals surface area contributed by atoms with Gasteiger partial charge in [-0.3, -0.25) is 0 Å². The third-order valence-corrected chi connectivity index (χ3v) is 6.95. The Bertz CT molecular complexity index is 763. The van der Waals surface area contributed by atoms with Gasteiger partial charge in [-0.1, -0.05) is 78.5 Å². The van der Waals surface area contributed by atoms with Gasteiger partial charge in [0.25, 0.3) is 0 Å². The second kappa shape index (κ2) is 5.10. The molecule has 22 heavy (non-hydrogen) atoms. The number of hydrogen-bond acceptors (Lipinski definition) is 0. The van der Waals surface area contributed by atoms with Gasteiger partial charge in [0.2, 0.25) is 0 Å². The van der Waals surface area contributed by atoms with Crippen LogP contribution in [0.15, 0.2) is 70.9 Å². The van der Waals surface area contributed by atoms with Crippen LogP contribution in [0.1, 0.15) is 30.4 Å². The Hall–Kier alpha value is -1.86. The van der Waals surface area contributed by atoms with Gasteiger partial charge < -0.3 is 0 Å².